The third kappa shape index (κ3) is 2.52. The first-order valence-corrected chi connectivity index (χ1v) is 6.60. The van der Waals surface area contributed by atoms with Crippen molar-refractivity contribution in [3.63, 3.8) is 0 Å². The minimum atomic E-state index is -0.248. The second kappa shape index (κ2) is 5.11. The summed E-state index contributed by atoms with van der Waals surface area (Å²) in [6.45, 7) is 4.03. The van der Waals surface area contributed by atoms with E-state index in [1.807, 2.05) is 0 Å². The van der Waals surface area contributed by atoms with Gasteiger partial charge in [0.25, 0.3) is 0 Å². The third-order valence-electron chi connectivity index (χ3n) is 3.70. The molecule has 2 rings (SSSR count). The number of hydrogen-bond donors (Lipinski definition) is 0. The molecule has 0 radical (unpaired) electrons. The monoisotopic (exact) mass is 266 g/mol. The Morgan fingerprint density at radius 2 is 1.21 bits per heavy atom. The second-order valence-electron chi connectivity index (χ2n) is 5.33. The number of carbonyl (C=O) groups is 4. The van der Waals surface area contributed by atoms with Crippen molar-refractivity contribution in [2.45, 2.75) is 33.1 Å². The lowest BCUT2D eigenvalue weighted by Gasteiger charge is -2.18. The van der Waals surface area contributed by atoms with Crippen molar-refractivity contribution in [2.24, 2.45) is 11.8 Å². The number of imide groups is 2. The second-order valence-corrected chi connectivity index (χ2v) is 5.33. The van der Waals surface area contributed by atoms with E-state index < -0.39 is 0 Å². The summed E-state index contributed by atoms with van der Waals surface area (Å²) in [5.41, 5.74) is 0. The van der Waals surface area contributed by atoms with Crippen LogP contribution < -0.4 is 0 Å². The average Bonchev–Trinajstić information content (AvgIpc) is 2.72. The molecule has 0 spiro atoms. The van der Waals surface area contributed by atoms with Gasteiger partial charge in [0.1, 0.15) is 0 Å². The van der Waals surface area contributed by atoms with Crippen molar-refractivity contribution < 1.29 is 19.2 Å². The number of rotatable bonds is 4. The summed E-state index contributed by atoms with van der Waals surface area (Å²) in [6.07, 6.45) is 0.975. The lowest BCUT2D eigenvalue weighted by atomic mass is 10.1. The highest BCUT2D eigenvalue weighted by atomic mass is 16.2. The van der Waals surface area contributed by atoms with E-state index in [1.54, 1.807) is 13.8 Å². The molecule has 0 aromatic carbocycles. The summed E-state index contributed by atoms with van der Waals surface area (Å²) in [6, 6.07) is 0. The van der Waals surface area contributed by atoms with Crippen molar-refractivity contribution >= 4 is 23.6 Å². The Bertz CT molecular complexity index is 406. The molecule has 0 aromatic heterocycles. The number of amides is 4. The number of hydrogen-bond acceptors (Lipinski definition) is 4. The van der Waals surface area contributed by atoms with Crippen LogP contribution in [-0.4, -0.2) is 46.5 Å². The summed E-state index contributed by atoms with van der Waals surface area (Å²) < 4.78 is 0. The van der Waals surface area contributed by atoms with Crippen LogP contribution in [0.25, 0.3) is 0 Å². The van der Waals surface area contributed by atoms with Crippen LogP contribution in [0.2, 0.25) is 0 Å². The van der Waals surface area contributed by atoms with E-state index >= 15 is 0 Å². The molecule has 6 nitrogen and oxygen atoms in total. The van der Waals surface area contributed by atoms with Gasteiger partial charge in [0.15, 0.2) is 0 Å². The number of likely N-dealkylation sites (tertiary alicyclic amines) is 2. The van der Waals surface area contributed by atoms with Crippen molar-refractivity contribution in [3.8, 4) is 0 Å². The molecule has 2 unspecified atom stereocenters. The van der Waals surface area contributed by atoms with Gasteiger partial charge < -0.3 is 0 Å². The van der Waals surface area contributed by atoms with Crippen LogP contribution in [0.5, 0.6) is 0 Å². The molecular formula is C13H18N2O4. The number of nitrogens with zero attached hydrogens (tertiary/aromatic N) is 2. The normalized spacial score (nSPS) is 27.9. The maximum atomic E-state index is 11.7. The Balaban J connectivity index is 1.84. The van der Waals surface area contributed by atoms with Gasteiger partial charge in [-0.25, -0.2) is 0 Å². The first-order valence-electron chi connectivity index (χ1n) is 6.60. The summed E-state index contributed by atoms with van der Waals surface area (Å²) in [7, 11) is 0. The molecule has 0 saturated carbocycles. The predicted molar refractivity (Wildman–Crippen MR) is 65.6 cm³/mol. The van der Waals surface area contributed by atoms with Crippen LogP contribution in [0.15, 0.2) is 0 Å². The lowest BCUT2D eigenvalue weighted by Crippen LogP contribution is -2.36. The summed E-state index contributed by atoms with van der Waals surface area (Å²) in [5.74, 6) is -1.13. The van der Waals surface area contributed by atoms with E-state index in [1.165, 1.54) is 9.80 Å². The van der Waals surface area contributed by atoms with E-state index in [4.69, 9.17) is 0 Å². The van der Waals surface area contributed by atoms with Gasteiger partial charge in [-0.2, -0.15) is 0 Å². The summed E-state index contributed by atoms with van der Waals surface area (Å²) >= 11 is 0. The van der Waals surface area contributed by atoms with Gasteiger partial charge in [-0.15, -0.1) is 0 Å². The Morgan fingerprint density at radius 3 is 1.47 bits per heavy atom. The molecule has 19 heavy (non-hydrogen) atoms. The first-order chi connectivity index (χ1) is 8.91. The molecular weight excluding hydrogens is 248 g/mol. The Morgan fingerprint density at radius 1 is 0.842 bits per heavy atom. The minimum Gasteiger partial charge on any atom is -0.282 e. The highest BCUT2D eigenvalue weighted by Crippen LogP contribution is 2.21. The zero-order valence-electron chi connectivity index (χ0n) is 11.2. The van der Waals surface area contributed by atoms with E-state index in [-0.39, 0.29) is 61.4 Å². The van der Waals surface area contributed by atoms with E-state index in [0.717, 1.165) is 0 Å². The van der Waals surface area contributed by atoms with E-state index in [2.05, 4.69) is 0 Å². The first kappa shape index (κ1) is 13.7. The van der Waals surface area contributed by atoms with Gasteiger partial charge in [-0.3, -0.25) is 29.0 Å². The molecule has 2 heterocycles. The Kier molecular flexibility index (Phi) is 3.68. The minimum absolute atomic E-state index is 0.155. The molecule has 0 aromatic rings. The highest BCUT2D eigenvalue weighted by Gasteiger charge is 2.37. The maximum absolute atomic E-state index is 11.7. The zero-order valence-corrected chi connectivity index (χ0v) is 11.2. The summed E-state index contributed by atoms with van der Waals surface area (Å²) in [4.78, 5) is 49.0. The maximum Gasteiger partial charge on any atom is 0.232 e. The number of carbonyl (C=O) groups excluding carboxylic acids is 4. The fraction of sp³-hybridized carbons (Fsp3) is 0.692. The van der Waals surface area contributed by atoms with Crippen LogP contribution in [0.1, 0.15) is 33.1 Å². The molecule has 6 heteroatoms. The van der Waals surface area contributed by atoms with Crippen LogP contribution >= 0.6 is 0 Å². The quantitative estimate of drug-likeness (QED) is 0.680. The molecule has 0 aliphatic carbocycles. The van der Waals surface area contributed by atoms with Gasteiger partial charge in [0, 0.05) is 37.8 Å². The topological polar surface area (TPSA) is 74.8 Å². The third-order valence-corrected chi connectivity index (χ3v) is 3.70. The van der Waals surface area contributed by atoms with E-state index in [0.29, 0.717) is 6.42 Å². The Hall–Kier alpha value is -1.72. The van der Waals surface area contributed by atoms with Crippen molar-refractivity contribution in [2.75, 3.05) is 13.1 Å². The van der Waals surface area contributed by atoms with Crippen molar-refractivity contribution in [3.05, 3.63) is 0 Å². The van der Waals surface area contributed by atoms with Gasteiger partial charge in [-0.05, 0) is 6.42 Å². The molecule has 2 fully saturated rings. The van der Waals surface area contributed by atoms with E-state index in [9.17, 15) is 19.2 Å². The standard InChI is InChI=1S/C13H18N2O4/c1-8-6-10(16)14(12(8)18)4-3-5-15-11(17)7-9(2)13(15)19/h8-9H,3-7H2,1-2H3. The van der Waals surface area contributed by atoms with Gasteiger partial charge in [0.2, 0.25) is 23.6 Å². The summed E-state index contributed by atoms with van der Waals surface area (Å²) in [5, 5.41) is 0. The molecule has 2 atom stereocenters. The molecule has 104 valence electrons. The van der Waals surface area contributed by atoms with Gasteiger partial charge >= 0.3 is 0 Å². The van der Waals surface area contributed by atoms with Gasteiger partial charge in [0.05, 0.1) is 0 Å². The van der Waals surface area contributed by atoms with Crippen LogP contribution in [0.3, 0.4) is 0 Å². The molecule has 4 amide bonds. The fourth-order valence-corrected chi connectivity index (χ4v) is 2.55. The molecule has 2 saturated heterocycles. The molecule has 0 N–H and O–H groups in total. The lowest BCUT2D eigenvalue weighted by molar-refractivity contribution is -0.139. The van der Waals surface area contributed by atoms with Crippen LogP contribution in [0.4, 0.5) is 0 Å². The zero-order chi connectivity index (χ0) is 14.2. The smallest absolute Gasteiger partial charge is 0.232 e. The SMILES string of the molecule is CC1CC(=O)N(CCCN2C(=O)CC(C)C2=O)C1=O. The fourth-order valence-electron chi connectivity index (χ4n) is 2.55. The van der Waals surface area contributed by atoms with Crippen molar-refractivity contribution in [1.82, 2.24) is 9.80 Å². The highest BCUT2D eigenvalue weighted by molar-refractivity contribution is 6.04. The van der Waals surface area contributed by atoms with Crippen molar-refractivity contribution in [1.29, 1.82) is 0 Å². The van der Waals surface area contributed by atoms with Crippen LogP contribution in [-0.2, 0) is 19.2 Å². The van der Waals surface area contributed by atoms with Crippen LogP contribution in [0, 0.1) is 11.8 Å². The predicted octanol–water partition coefficient (Wildman–Crippen LogP) is 0.166. The molecule has 0 bridgehead atoms. The largest absolute Gasteiger partial charge is 0.282 e. The molecule has 2 aliphatic rings. The van der Waals surface area contributed by atoms with Gasteiger partial charge in [-0.1, -0.05) is 13.8 Å². The average molecular weight is 266 g/mol. The Labute approximate surface area is 111 Å². The molecule has 2 aliphatic heterocycles.